The van der Waals surface area contributed by atoms with Gasteiger partial charge in [0.15, 0.2) is 0 Å². The topological polar surface area (TPSA) is 64.7 Å². The molecular weight excluding hydrogens is 316 g/mol. The van der Waals surface area contributed by atoms with E-state index in [-0.39, 0.29) is 11.8 Å². The van der Waals surface area contributed by atoms with Gasteiger partial charge in [0.2, 0.25) is 0 Å². The summed E-state index contributed by atoms with van der Waals surface area (Å²) in [5, 5.41) is 5.12. The molecule has 1 aliphatic heterocycles. The van der Waals surface area contributed by atoms with E-state index in [0.717, 1.165) is 0 Å². The van der Waals surface area contributed by atoms with Gasteiger partial charge in [0.1, 0.15) is 11.4 Å². The fourth-order valence-electron chi connectivity index (χ4n) is 2.38. The number of benzene rings is 1. The first-order valence-corrected chi connectivity index (χ1v) is 8.00. The van der Waals surface area contributed by atoms with E-state index in [0.29, 0.717) is 31.2 Å². The molecule has 0 unspecified atom stereocenters. The van der Waals surface area contributed by atoms with Gasteiger partial charge in [-0.1, -0.05) is 48.6 Å². The van der Waals surface area contributed by atoms with Gasteiger partial charge in [0, 0.05) is 27.2 Å². The Kier molecular flexibility index (Phi) is 8.57. The van der Waals surface area contributed by atoms with Gasteiger partial charge in [-0.25, -0.2) is 0 Å². The third-order valence-electron chi connectivity index (χ3n) is 3.45. The van der Waals surface area contributed by atoms with Crippen LogP contribution in [0.2, 0.25) is 0 Å². The number of hydrogen-bond acceptors (Lipinski definition) is 4. The lowest BCUT2D eigenvalue weighted by Crippen LogP contribution is -2.32. The summed E-state index contributed by atoms with van der Waals surface area (Å²) in [7, 11) is 3.08. The SMILES string of the molecule is C=CCN1CN(CC=C)C(C(=O)NC)=C1C(=O)NC.c1ccccc1. The van der Waals surface area contributed by atoms with Crippen molar-refractivity contribution in [2.45, 2.75) is 0 Å². The molecule has 0 radical (unpaired) electrons. The van der Waals surface area contributed by atoms with E-state index >= 15 is 0 Å². The predicted molar refractivity (Wildman–Crippen MR) is 100 cm³/mol. The van der Waals surface area contributed by atoms with Gasteiger partial charge in [-0.05, 0) is 0 Å². The molecule has 2 rings (SSSR count). The van der Waals surface area contributed by atoms with E-state index < -0.39 is 0 Å². The number of hydrogen-bond donors (Lipinski definition) is 2. The number of amides is 2. The summed E-state index contributed by atoms with van der Waals surface area (Å²) in [4.78, 5) is 27.6. The van der Waals surface area contributed by atoms with Gasteiger partial charge in [-0.2, -0.15) is 0 Å². The van der Waals surface area contributed by atoms with E-state index in [2.05, 4.69) is 23.8 Å². The van der Waals surface area contributed by atoms with Crippen molar-refractivity contribution in [3.05, 3.63) is 73.1 Å². The van der Waals surface area contributed by atoms with Crippen LogP contribution in [0.5, 0.6) is 0 Å². The largest absolute Gasteiger partial charge is 0.354 e. The summed E-state index contributed by atoms with van der Waals surface area (Å²) in [6.45, 7) is 8.79. The fourth-order valence-corrected chi connectivity index (χ4v) is 2.38. The Bertz CT molecular complexity index is 561. The highest BCUT2D eigenvalue weighted by Crippen LogP contribution is 2.24. The van der Waals surface area contributed by atoms with E-state index in [1.165, 1.54) is 0 Å². The highest BCUT2D eigenvalue weighted by molar-refractivity contribution is 6.04. The Morgan fingerprint density at radius 1 is 0.880 bits per heavy atom. The summed E-state index contributed by atoms with van der Waals surface area (Å²) >= 11 is 0. The van der Waals surface area contributed by atoms with Crippen molar-refractivity contribution in [3.63, 3.8) is 0 Å². The first-order chi connectivity index (χ1) is 12.1. The molecular formula is C19H26N4O2. The smallest absolute Gasteiger partial charge is 0.269 e. The highest BCUT2D eigenvalue weighted by atomic mass is 16.2. The highest BCUT2D eigenvalue weighted by Gasteiger charge is 2.35. The van der Waals surface area contributed by atoms with Crippen LogP contribution in [0.1, 0.15) is 0 Å². The lowest BCUT2D eigenvalue weighted by Gasteiger charge is -2.21. The first-order valence-electron chi connectivity index (χ1n) is 8.00. The molecule has 0 aromatic heterocycles. The number of rotatable bonds is 6. The van der Waals surface area contributed by atoms with Crippen LogP contribution >= 0.6 is 0 Å². The summed E-state index contributed by atoms with van der Waals surface area (Å²) in [6, 6.07) is 12.0. The zero-order valence-corrected chi connectivity index (χ0v) is 14.9. The Morgan fingerprint density at radius 3 is 1.44 bits per heavy atom. The van der Waals surface area contributed by atoms with Gasteiger partial charge in [0.05, 0.1) is 6.67 Å². The molecule has 0 atom stereocenters. The van der Waals surface area contributed by atoms with Crippen molar-refractivity contribution >= 4 is 11.8 Å². The molecule has 0 saturated heterocycles. The van der Waals surface area contributed by atoms with E-state index in [1.807, 2.05) is 36.4 Å². The van der Waals surface area contributed by atoms with Crippen LogP contribution in [0.15, 0.2) is 73.1 Å². The minimum absolute atomic E-state index is 0.285. The van der Waals surface area contributed by atoms with Crippen molar-refractivity contribution < 1.29 is 9.59 Å². The molecule has 2 N–H and O–H groups in total. The number of likely N-dealkylation sites (N-methyl/N-ethyl adjacent to an activating group) is 2. The minimum Gasteiger partial charge on any atom is -0.354 e. The number of nitrogens with one attached hydrogen (secondary N) is 2. The van der Waals surface area contributed by atoms with Gasteiger partial charge in [0.25, 0.3) is 11.8 Å². The number of carbonyl (C=O) groups is 2. The Labute approximate surface area is 149 Å². The second-order valence-electron chi connectivity index (χ2n) is 5.17. The molecule has 1 aromatic rings. The monoisotopic (exact) mass is 342 g/mol. The molecule has 1 aromatic carbocycles. The average Bonchev–Trinajstić information content (AvgIpc) is 3.01. The molecule has 0 spiro atoms. The van der Waals surface area contributed by atoms with Crippen molar-refractivity contribution in [3.8, 4) is 0 Å². The first kappa shape index (κ1) is 20.0. The second-order valence-corrected chi connectivity index (χ2v) is 5.17. The van der Waals surface area contributed by atoms with Crippen LogP contribution in [0.3, 0.4) is 0 Å². The standard InChI is InChI=1S/C13H20N4O2.C6H6/c1-5-7-16-9-17(8-6-2)11(13(19)15-4)10(16)12(18)14-3;1-2-4-6-5-3-1/h5-6H,1-2,7-9H2,3-4H3,(H,14,18)(H,15,19);1-6H. The van der Waals surface area contributed by atoms with Gasteiger partial charge >= 0.3 is 0 Å². The maximum Gasteiger partial charge on any atom is 0.269 e. The molecule has 134 valence electrons. The van der Waals surface area contributed by atoms with Crippen molar-refractivity contribution in [2.24, 2.45) is 0 Å². The lowest BCUT2D eigenvalue weighted by molar-refractivity contribution is -0.120. The van der Waals surface area contributed by atoms with Crippen LogP contribution in [0, 0.1) is 0 Å². The number of nitrogens with zero attached hydrogens (tertiary/aromatic N) is 2. The summed E-state index contributed by atoms with van der Waals surface area (Å²) in [6.07, 6.45) is 3.39. The zero-order valence-electron chi connectivity index (χ0n) is 14.9. The normalized spacial score (nSPS) is 12.9. The molecule has 25 heavy (non-hydrogen) atoms. The maximum atomic E-state index is 12.0. The van der Waals surface area contributed by atoms with Crippen LogP contribution in [0.25, 0.3) is 0 Å². The molecule has 0 saturated carbocycles. The Morgan fingerprint density at radius 2 is 1.20 bits per heavy atom. The van der Waals surface area contributed by atoms with Crippen LogP contribution in [0.4, 0.5) is 0 Å². The zero-order chi connectivity index (χ0) is 18.7. The maximum absolute atomic E-state index is 12.0. The molecule has 0 bridgehead atoms. The summed E-state index contributed by atoms with van der Waals surface area (Å²) in [5.41, 5.74) is 0.729. The molecule has 6 nitrogen and oxygen atoms in total. The third-order valence-corrected chi connectivity index (χ3v) is 3.45. The minimum atomic E-state index is -0.285. The van der Waals surface area contributed by atoms with Crippen LogP contribution in [-0.4, -0.2) is 55.5 Å². The van der Waals surface area contributed by atoms with E-state index in [4.69, 9.17) is 0 Å². The van der Waals surface area contributed by atoms with Crippen molar-refractivity contribution in [2.75, 3.05) is 33.9 Å². The second kappa shape index (κ2) is 10.7. The molecule has 1 heterocycles. The molecule has 2 amide bonds. The van der Waals surface area contributed by atoms with Crippen molar-refractivity contribution in [1.29, 1.82) is 0 Å². The van der Waals surface area contributed by atoms with Crippen LogP contribution in [-0.2, 0) is 9.59 Å². The average molecular weight is 342 g/mol. The predicted octanol–water partition coefficient (Wildman–Crippen LogP) is 1.32. The quantitative estimate of drug-likeness (QED) is 0.766. The van der Waals surface area contributed by atoms with Gasteiger partial charge < -0.3 is 20.4 Å². The molecule has 1 aliphatic rings. The summed E-state index contributed by atoms with van der Waals surface area (Å²) in [5.74, 6) is -0.570. The number of carbonyl (C=O) groups excluding carboxylic acids is 2. The summed E-state index contributed by atoms with van der Waals surface area (Å²) < 4.78 is 0. The van der Waals surface area contributed by atoms with E-state index in [1.54, 1.807) is 36.0 Å². The van der Waals surface area contributed by atoms with E-state index in [9.17, 15) is 9.59 Å². The lowest BCUT2D eigenvalue weighted by atomic mass is 10.2. The van der Waals surface area contributed by atoms with Crippen molar-refractivity contribution in [1.82, 2.24) is 20.4 Å². The fraction of sp³-hybridized carbons (Fsp3) is 0.263. The Hall–Kier alpha value is -3.02. The molecule has 6 heteroatoms. The third kappa shape index (κ3) is 5.53. The van der Waals surface area contributed by atoms with Crippen LogP contribution < -0.4 is 10.6 Å². The molecule has 0 fully saturated rings. The Balaban J connectivity index is 0.000000435. The van der Waals surface area contributed by atoms with Gasteiger partial charge in [-0.3, -0.25) is 9.59 Å². The van der Waals surface area contributed by atoms with Gasteiger partial charge in [-0.15, -0.1) is 13.2 Å². The molecule has 0 aliphatic carbocycles.